The lowest BCUT2D eigenvalue weighted by molar-refractivity contribution is -0.384. The number of esters is 1. The molecule has 0 aliphatic heterocycles. The van der Waals surface area contributed by atoms with Crippen molar-refractivity contribution in [2.75, 3.05) is 19.0 Å². The maximum Gasteiger partial charge on any atom is 0.340 e. The number of hydrogen-bond donors (Lipinski definition) is 0. The second-order valence-electron chi connectivity index (χ2n) is 5.02. The van der Waals surface area contributed by atoms with Crippen LogP contribution in [0.1, 0.15) is 15.9 Å². The van der Waals surface area contributed by atoms with Crippen LogP contribution in [0.5, 0.6) is 0 Å². The summed E-state index contributed by atoms with van der Waals surface area (Å²) < 4.78 is 18.6. The third kappa shape index (κ3) is 3.82. The number of rotatable bonds is 5. The fourth-order valence-electron chi connectivity index (χ4n) is 2.03. The molecule has 0 aliphatic rings. The van der Waals surface area contributed by atoms with Gasteiger partial charge in [-0.1, -0.05) is 18.2 Å². The van der Waals surface area contributed by atoms with Crippen molar-refractivity contribution in [1.29, 1.82) is 0 Å². The molecule has 120 valence electrons. The summed E-state index contributed by atoms with van der Waals surface area (Å²) in [7, 11) is 3.41. The molecule has 2 aromatic rings. The van der Waals surface area contributed by atoms with Gasteiger partial charge in [0.1, 0.15) is 12.4 Å². The molecular weight excluding hydrogens is 303 g/mol. The first-order valence-corrected chi connectivity index (χ1v) is 6.76. The Morgan fingerprint density at radius 2 is 1.96 bits per heavy atom. The van der Waals surface area contributed by atoms with Gasteiger partial charge in [-0.05, 0) is 12.1 Å². The van der Waals surface area contributed by atoms with E-state index in [1.807, 2.05) is 0 Å². The van der Waals surface area contributed by atoms with Crippen molar-refractivity contribution in [3.63, 3.8) is 0 Å². The van der Waals surface area contributed by atoms with E-state index in [1.165, 1.54) is 30.3 Å². The van der Waals surface area contributed by atoms with E-state index in [9.17, 15) is 19.3 Å². The van der Waals surface area contributed by atoms with Crippen LogP contribution in [0.15, 0.2) is 42.5 Å². The zero-order valence-corrected chi connectivity index (χ0v) is 12.7. The fourth-order valence-corrected chi connectivity index (χ4v) is 2.03. The van der Waals surface area contributed by atoms with E-state index in [2.05, 4.69) is 0 Å². The zero-order chi connectivity index (χ0) is 17.0. The molecule has 6 nitrogen and oxygen atoms in total. The van der Waals surface area contributed by atoms with Gasteiger partial charge in [0, 0.05) is 31.8 Å². The molecule has 0 amide bonds. The molecule has 0 aromatic heterocycles. The van der Waals surface area contributed by atoms with Crippen LogP contribution in [0.4, 0.5) is 15.8 Å². The van der Waals surface area contributed by atoms with Crippen molar-refractivity contribution in [3.05, 3.63) is 69.5 Å². The van der Waals surface area contributed by atoms with Crippen molar-refractivity contribution < 1.29 is 18.8 Å². The highest BCUT2D eigenvalue weighted by atomic mass is 19.1. The Morgan fingerprint density at radius 1 is 1.26 bits per heavy atom. The quantitative estimate of drug-likeness (QED) is 0.481. The Hall–Kier alpha value is -2.96. The Morgan fingerprint density at radius 3 is 2.57 bits per heavy atom. The molecule has 0 saturated heterocycles. The summed E-state index contributed by atoms with van der Waals surface area (Å²) in [6.45, 7) is -0.249. The number of nitro groups is 1. The van der Waals surface area contributed by atoms with Gasteiger partial charge in [0.05, 0.1) is 16.2 Å². The van der Waals surface area contributed by atoms with Gasteiger partial charge < -0.3 is 9.64 Å². The molecule has 0 saturated carbocycles. The molecule has 0 unspecified atom stereocenters. The van der Waals surface area contributed by atoms with Crippen LogP contribution < -0.4 is 4.90 Å². The minimum absolute atomic E-state index is 0.0561. The van der Waals surface area contributed by atoms with Gasteiger partial charge in [-0.2, -0.15) is 0 Å². The number of anilines is 1. The molecule has 0 radical (unpaired) electrons. The third-order valence-electron chi connectivity index (χ3n) is 3.21. The van der Waals surface area contributed by atoms with Gasteiger partial charge in [-0.3, -0.25) is 10.1 Å². The molecule has 0 spiro atoms. The first-order chi connectivity index (χ1) is 10.9. The second kappa shape index (κ2) is 6.87. The maximum atomic E-state index is 13.5. The highest BCUT2D eigenvalue weighted by Gasteiger charge is 2.19. The second-order valence-corrected chi connectivity index (χ2v) is 5.02. The van der Waals surface area contributed by atoms with Crippen LogP contribution in [-0.2, 0) is 11.3 Å². The summed E-state index contributed by atoms with van der Waals surface area (Å²) in [5.74, 6) is -1.23. The number of nitrogens with zero attached hydrogens (tertiary/aromatic N) is 2. The van der Waals surface area contributed by atoms with Crippen molar-refractivity contribution in [1.82, 2.24) is 0 Å². The SMILES string of the molecule is CN(C)c1ccc([N+](=O)[O-])cc1C(=O)OCc1ccccc1F. The van der Waals surface area contributed by atoms with Gasteiger partial charge >= 0.3 is 5.97 Å². The number of hydrogen-bond acceptors (Lipinski definition) is 5. The molecule has 0 aliphatic carbocycles. The monoisotopic (exact) mass is 318 g/mol. The van der Waals surface area contributed by atoms with Crippen molar-refractivity contribution in [3.8, 4) is 0 Å². The Labute approximate surface area is 132 Å². The van der Waals surface area contributed by atoms with Crippen molar-refractivity contribution in [2.45, 2.75) is 6.61 Å². The first-order valence-electron chi connectivity index (χ1n) is 6.76. The van der Waals surface area contributed by atoms with E-state index in [1.54, 1.807) is 25.1 Å². The van der Waals surface area contributed by atoms with Crippen LogP contribution in [0.25, 0.3) is 0 Å². The first kappa shape index (κ1) is 16.4. The molecule has 0 fully saturated rings. The van der Waals surface area contributed by atoms with Crippen LogP contribution in [0.3, 0.4) is 0 Å². The largest absolute Gasteiger partial charge is 0.457 e. The zero-order valence-electron chi connectivity index (χ0n) is 12.7. The molecule has 2 rings (SSSR count). The summed E-state index contributed by atoms with van der Waals surface area (Å²) in [6.07, 6.45) is 0. The average molecular weight is 318 g/mol. The number of non-ortho nitro benzene ring substituents is 1. The summed E-state index contributed by atoms with van der Waals surface area (Å²) in [4.78, 5) is 24.2. The minimum Gasteiger partial charge on any atom is -0.457 e. The summed E-state index contributed by atoms with van der Waals surface area (Å²) >= 11 is 0. The normalized spacial score (nSPS) is 10.2. The van der Waals surface area contributed by atoms with Gasteiger partial charge in [-0.15, -0.1) is 0 Å². The number of halogens is 1. The Balaban J connectivity index is 2.25. The highest BCUT2D eigenvalue weighted by Crippen LogP contribution is 2.25. The van der Waals surface area contributed by atoms with E-state index in [-0.39, 0.29) is 23.4 Å². The van der Waals surface area contributed by atoms with Gasteiger partial charge in [-0.25, -0.2) is 9.18 Å². The van der Waals surface area contributed by atoms with Gasteiger partial charge in [0.15, 0.2) is 0 Å². The number of carbonyl (C=O) groups is 1. The lowest BCUT2D eigenvalue weighted by Gasteiger charge is -2.16. The van der Waals surface area contributed by atoms with Crippen LogP contribution >= 0.6 is 0 Å². The average Bonchev–Trinajstić information content (AvgIpc) is 2.53. The van der Waals surface area contributed by atoms with Crippen molar-refractivity contribution >= 4 is 17.3 Å². The van der Waals surface area contributed by atoms with E-state index < -0.39 is 16.7 Å². The molecule has 0 atom stereocenters. The van der Waals surface area contributed by atoms with Crippen molar-refractivity contribution in [2.24, 2.45) is 0 Å². The van der Waals surface area contributed by atoms with E-state index in [4.69, 9.17) is 4.74 Å². The molecule has 0 bridgehead atoms. The topological polar surface area (TPSA) is 72.7 Å². The van der Waals surface area contributed by atoms with E-state index in [0.717, 1.165) is 6.07 Å². The molecular formula is C16H15FN2O4. The number of carbonyl (C=O) groups excluding carboxylic acids is 1. The van der Waals surface area contributed by atoms with Crippen LogP contribution in [0, 0.1) is 15.9 Å². The maximum absolute atomic E-state index is 13.5. The summed E-state index contributed by atoms with van der Waals surface area (Å²) in [5, 5.41) is 10.9. The molecule has 7 heteroatoms. The Kier molecular flexibility index (Phi) is 4.90. The smallest absolute Gasteiger partial charge is 0.340 e. The summed E-state index contributed by atoms with van der Waals surface area (Å²) in [6, 6.07) is 9.86. The predicted molar refractivity (Wildman–Crippen MR) is 82.9 cm³/mol. The number of ether oxygens (including phenoxy) is 1. The van der Waals surface area contributed by atoms with Gasteiger partial charge in [0.2, 0.25) is 0 Å². The van der Waals surface area contributed by atoms with E-state index in [0.29, 0.717) is 5.69 Å². The van der Waals surface area contributed by atoms with E-state index >= 15 is 0 Å². The van der Waals surface area contributed by atoms with Gasteiger partial charge in [0.25, 0.3) is 5.69 Å². The molecule has 2 aromatic carbocycles. The molecule has 0 heterocycles. The summed E-state index contributed by atoms with van der Waals surface area (Å²) in [5.41, 5.74) is 0.556. The third-order valence-corrected chi connectivity index (χ3v) is 3.21. The highest BCUT2D eigenvalue weighted by molar-refractivity contribution is 5.96. The lowest BCUT2D eigenvalue weighted by Crippen LogP contribution is -2.16. The Bertz CT molecular complexity index is 747. The standard InChI is InChI=1S/C16H15FN2O4/c1-18(2)15-8-7-12(19(21)22)9-13(15)16(20)23-10-11-5-3-4-6-14(11)17/h3-9H,10H2,1-2H3. The molecule has 23 heavy (non-hydrogen) atoms. The number of nitro benzene ring substituents is 1. The van der Waals surface area contributed by atoms with Crippen LogP contribution in [0.2, 0.25) is 0 Å². The minimum atomic E-state index is -0.749. The number of benzene rings is 2. The molecule has 0 N–H and O–H groups in total. The van der Waals surface area contributed by atoms with Crippen LogP contribution in [-0.4, -0.2) is 25.0 Å². The lowest BCUT2D eigenvalue weighted by atomic mass is 10.1. The fraction of sp³-hybridized carbons (Fsp3) is 0.188. The predicted octanol–water partition coefficient (Wildman–Crippen LogP) is 3.16.